The maximum absolute atomic E-state index is 10.5. The molecule has 0 unspecified atom stereocenters. The largest absolute Gasteiger partial charge is 0.413 e. The Balaban J connectivity index is 2.31. The maximum Gasteiger partial charge on any atom is 0.192 e. The summed E-state index contributed by atoms with van der Waals surface area (Å²) in [5.41, 5.74) is -1.62. The molecular weight excluding hydrogens is 300 g/mol. The summed E-state index contributed by atoms with van der Waals surface area (Å²) in [4.78, 5) is 4.84. The molecule has 0 radical (unpaired) electrons. The van der Waals surface area contributed by atoms with E-state index in [1.54, 1.807) is 0 Å². The second-order valence-electron chi connectivity index (χ2n) is 8.85. The molecule has 0 aliphatic heterocycles. The van der Waals surface area contributed by atoms with Crippen molar-refractivity contribution >= 4 is 8.32 Å². The molecule has 0 amide bonds. The van der Waals surface area contributed by atoms with Gasteiger partial charge in [-0.25, -0.2) is 4.89 Å². The first-order valence-electron chi connectivity index (χ1n) is 8.28. The van der Waals surface area contributed by atoms with Crippen LogP contribution in [0.2, 0.25) is 18.1 Å². The van der Waals surface area contributed by atoms with Crippen molar-refractivity contribution in [1.29, 1.82) is 0 Å². The highest BCUT2D eigenvalue weighted by Crippen LogP contribution is 2.58. The van der Waals surface area contributed by atoms with E-state index in [4.69, 9.17) is 9.31 Å². The molecule has 0 aromatic heterocycles. The molecule has 22 heavy (non-hydrogen) atoms. The molecule has 2 aliphatic rings. The zero-order valence-corrected chi connectivity index (χ0v) is 15.7. The minimum atomic E-state index is -1.96. The summed E-state index contributed by atoms with van der Waals surface area (Å²) in [6.07, 6.45) is 0.398. The van der Waals surface area contributed by atoms with Crippen LogP contribution in [0, 0.1) is 5.41 Å². The van der Waals surface area contributed by atoms with E-state index in [2.05, 4.69) is 33.9 Å². The van der Waals surface area contributed by atoms with Crippen LogP contribution in [0.3, 0.4) is 0 Å². The first-order valence-corrected chi connectivity index (χ1v) is 11.2. The molecule has 2 rings (SSSR count). The fraction of sp³-hybridized carbons (Fsp3) is 1.00. The summed E-state index contributed by atoms with van der Waals surface area (Å²) in [5.74, 6) is 0. The zero-order chi connectivity index (χ0) is 17.0. The van der Waals surface area contributed by atoms with Gasteiger partial charge in [0.2, 0.25) is 0 Å². The molecule has 3 N–H and O–H groups in total. The SMILES string of the molecule is CC(C)(C)[Si](C)(C)O[C@H]1CC[C@@]2(OO)[C@@H](O)[C@@H](O)CC[C@]12C. The van der Waals surface area contributed by atoms with Gasteiger partial charge in [0.15, 0.2) is 8.32 Å². The molecule has 2 aliphatic carbocycles. The Morgan fingerprint density at radius 2 is 1.68 bits per heavy atom. The fourth-order valence-electron chi connectivity index (χ4n) is 3.92. The summed E-state index contributed by atoms with van der Waals surface area (Å²) in [6, 6.07) is 0. The van der Waals surface area contributed by atoms with Gasteiger partial charge in [-0.1, -0.05) is 27.7 Å². The van der Waals surface area contributed by atoms with Gasteiger partial charge in [-0.15, -0.1) is 0 Å². The molecule has 0 spiro atoms. The smallest absolute Gasteiger partial charge is 0.192 e. The van der Waals surface area contributed by atoms with E-state index in [0.29, 0.717) is 19.3 Å². The van der Waals surface area contributed by atoms with Gasteiger partial charge in [0, 0.05) is 5.41 Å². The highest BCUT2D eigenvalue weighted by atomic mass is 28.4. The topological polar surface area (TPSA) is 79.2 Å². The molecule has 0 bridgehead atoms. The monoisotopic (exact) mass is 332 g/mol. The van der Waals surface area contributed by atoms with Crippen LogP contribution in [0.1, 0.15) is 53.4 Å². The Morgan fingerprint density at radius 1 is 1.09 bits per heavy atom. The van der Waals surface area contributed by atoms with E-state index in [9.17, 15) is 15.5 Å². The molecule has 6 heteroatoms. The van der Waals surface area contributed by atoms with Crippen LogP contribution in [0.4, 0.5) is 0 Å². The lowest BCUT2D eigenvalue weighted by molar-refractivity contribution is -0.387. The number of rotatable bonds is 3. The lowest BCUT2D eigenvalue weighted by atomic mass is 9.63. The molecule has 5 nitrogen and oxygen atoms in total. The Kier molecular flexibility index (Phi) is 4.62. The van der Waals surface area contributed by atoms with Gasteiger partial charge >= 0.3 is 0 Å². The van der Waals surface area contributed by atoms with Crippen molar-refractivity contribution in [1.82, 2.24) is 0 Å². The maximum atomic E-state index is 10.5. The lowest BCUT2D eigenvalue weighted by Crippen LogP contribution is -2.64. The summed E-state index contributed by atoms with van der Waals surface area (Å²) < 4.78 is 6.60. The van der Waals surface area contributed by atoms with E-state index in [0.717, 1.165) is 6.42 Å². The quantitative estimate of drug-likeness (QED) is 0.421. The second-order valence-corrected chi connectivity index (χ2v) is 13.6. The minimum absolute atomic E-state index is 0.0670. The highest BCUT2D eigenvalue weighted by Gasteiger charge is 2.67. The molecule has 0 aromatic carbocycles. The van der Waals surface area contributed by atoms with Gasteiger partial charge in [-0.05, 0) is 43.8 Å². The number of aliphatic hydroxyl groups excluding tert-OH is 2. The van der Waals surface area contributed by atoms with Crippen molar-refractivity contribution in [2.75, 3.05) is 0 Å². The Bertz CT molecular complexity index is 421. The van der Waals surface area contributed by atoms with Crippen molar-refractivity contribution in [3.8, 4) is 0 Å². The summed E-state index contributed by atoms with van der Waals surface area (Å²) >= 11 is 0. The highest BCUT2D eigenvalue weighted by molar-refractivity contribution is 6.74. The first kappa shape index (κ1) is 18.4. The Labute approximate surface area is 134 Å². The molecule has 130 valence electrons. The molecule has 0 aromatic rings. The molecule has 2 fully saturated rings. The summed E-state index contributed by atoms with van der Waals surface area (Å²) in [5, 5.41) is 30.1. The van der Waals surface area contributed by atoms with Gasteiger partial charge in [-0.3, -0.25) is 5.26 Å². The Morgan fingerprint density at radius 3 is 2.18 bits per heavy atom. The third-order valence-corrected chi connectivity index (χ3v) is 11.1. The molecule has 0 saturated heterocycles. The van der Waals surface area contributed by atoms with Crippen molar-refractivity contribution < 1.29 is 24.8 Å². The van der Waals surface area contributed by atoms with Crippen molar-refractivity contribution in [2.24, 2.45) is 5.41 Å². The average molecular weight is 333 g/mol. The van der Waals surface area contributed by atoms with Crippen molar-refractivity contribution in [3.63, 3.8) is 0 Å². The van der Waals surface area contributed by atoms with Crippen molar-refractivity contribution in [2.45, 2.75) is 95.4 Å². The summed E-state index contributed by atoms with van der Waals surface area (Å²) in [7, 11) is -1.96. The number of aliphatic hydroxyl groups is 2. The second kappa shape index (κ2) is 5.53. The van der Waals surface area contributed by atoms with Gasteiger partial charge in [0.1, 0.15) is 11.7 Å². The van der Waals surface area contributed by atoms with Crippen LogP contribution in [0.5, 0.6) is 0 Å². The van der Waals surface area contributed by atoms with Crippen LogP contribution in [0.15, 0.2) is 0 Å². The summed E-state index contributed by atoms with van der Waals surface area (Å²) in [6.45, 7) is 13.0. The van der Waals surface area contributed by atoms with Crippen LogP contribution in [-0.2, 0) is 9.31 Å². The van der Waals surface area contributed by atoms with E-state index in [-0.39, 0.29) is 11.1 Å². The predicted octanol–water partition coefficient (Wildman–Crippen LogP) is 2.92. The number of hydrogen-bond donors (Lipinski definition) is 3. The van der Waals surface area contributed by atoms with E-state index in [1.807, 2.05) is 6.92 Å². The minimum Gasteiger partial charge on any atom is -0.413 e. The van der Waals surface area contributed by atoms with E-state index < -0.39 is 31.5 Å². The van der Waals surface area contributed by atoms with Crippen LogP contribution < -0.4 is 0 Å². The predicted molar refractivity (Wildman–Crippen MR) is 87.1 cm³/mol. The van der Waals surface area contributed by atoms with E-state index >= 15 is 0 Å². The number of hydrogen-bond acceptors (Lipinski definition) is 5. The van der Waals surface area contributed by atoms with Crippen LogP contribution in [0.25, 0.3) is 0 Å². The first-order chi connectivity index (χ1) is 9.91. The lowest BCUT2D eigenvalue weighted by Gasteiger charge is -2.53. The standard InChI is InChI=1S/C16H32O5Si/c1-14(2,3)22(5,6)20-12-8-10-16(21-19)13(18)11(17)7-9-15(12,16)4/h11-13,17-19H,7-10H2,1-6H3/t11-,12-,13-,15+,16+/m0/s1. The average Bonchev–Trinajstić information content (AvgIpc) is 2.68. The van der Waals surface area contributed by atoms with Gasteiger partial charge < -0.3 is 14.6 Å². The van der Waals surface area contributed by atoms with Crippen LogP contribution >= 0.6 is 0 Å². The Hall–Kier alpha value is 0.0169. The van der Waals surface area contributed by atoms with Crippen molar-refractivity contribution in [3.05, 3.63) is 0 Å². The zero-order valence-electron chi connectivity index (χ0n) is 14.7. The molecular formula is C16H32O5Si. The van der Waals surface area contributed by atoms with E-state index in [1.165, 1.54) is 0 Å². The molecule has 0 heterocycles. The van der Waals surface area contributed by atoms with Gasteiger partial charge in [0.05, 0.1) is 12.2 Å². The molecule has 2 saturated carbocycles. The van der Waals surface area contributed by atoms with Crippen LogP contribution in [-0.4, -0.2) is 47.7 Å². The fourth-order valence-corrected chi connectivity index (χ4v) is 5.36. The molecule has 5 atom stereocenters. The van der Waals surface area contributed by atoms with Gasteiger partial charge in [-0.2, -0.15) is 0 Å². The third-order valence-electron chi connectivity index (χ3n) is 6.66. The normalized spacial score (nSPS) is 43.2. The third kappa shape index (κ3) is 2.48. The van der Waals surface area contributed by atoms with Gasteiger partial charge in [0.25, 0.3) is 0 Å². The number of fused-ring (bicyclic) bond motifs is 1.